The molecule has 1 aromatic carbocycles. The average molecular weight is 316 g/mol. The van der Waals surface area contributed by atoms with Crippen molar-refractivity contribution in [1.29, 1.82) is 0 Å². The van der Waals surface area contributed by atoms with Crippen molar-refractivity contribution in [2.24, 2.45) is 5.73 Å². The van der Waals surface area contributed by atoms with Gasteiger partial charge in [0.2, 0.25) is 0 Å². The highest BCUT2D eigenvalue weighted by Crippen LogP contribution is 2.50. The van der Waals surface area contributed by atoms with Crippen LogP contribution in [0.1, 0.15) is 23.6 Å². The molecule has 120 valence electrons. The standard InChI is InChI=1S/C12H14F6N2O/c1-2-6-3-8(4-7(5-19)9(6)20)10(21,11(13,14)15)12(16,17)18/h3-4,21H,2,5,19-20H2,1H3. The lowest BCUT2D eigenvalue weighted by molar-refractivity contribution is -0.376. The van der Waals surface area contributed by atoms with E-state index in [9.17, 15) is 31.4 Å². The lowest BCUT2D eigenvalue weighted by Gasteiger charge is -2.33. The molecule has 1 rings (SSSR count). The van der Waals surface area contributed by atoms with Crippen molar-refractivity contribution in [3.63, 3.8) is 0 Å². The Morgan fingerprint density at radius 2 is 1.43 bits per heavy atom. The van der Waals surface area contributed by atoms with Crippen molar-refractivity contribution in [3.8, 4) is 0 Å². The molecular weight excluding hydrogens is 302 g/mol. The van der Waals surface area contributed by atoms with Gasteiger partial charge < -0.3 is 16.6 Å². The Bertz CT molecular complexity index is 484. The fourth-order valence-electron chi connectivity index (χ4n) is 1.94. The molecule has 0 aromatic heterocycles. The lowest BCUT2D eigenvalue weighted by Crippen LogP contribution is -2.54. The van der Waals surface area contributed by atoms with Gasteiger partial charge in [0, 0.05) is 17.8 Å². The third kappa shape index (κ3) is 2.80. The zero-order chi connectivity index (χ0) is 16.6. The fraction of sp³-hybridized carbons (Fsp3) is 0.500. The number of rotatable bonds is 3. The Hall–Kier alpha value is -1.48. The number of anilines is 1. The van der Waals surface area contributed by atoms with Crippen molar-refractivity contribution in [1.82, 2.24) is 0 Å². The zero-order valence-electron chi connectivity index (χ0n) is 10.9. The predicted octanol–water partition coefficient (Wildman–Crippen LogP) is 2.60. The summed E-state index contributed by atoms with van der Waals surface area (Å²) < 4.78 is 77.0. The maximum absolute atomic E-state index is 12.8. The van der Waals surface area contributed by atoms with Gasteiger partial charge in [-0.05, 0) is 23.6 Å². The summed E-state index contributed by atoms with van der Waals surface area (Å²) in [4.78, 5) is 0. The summed E-state index contributed by atoms with van der Waals surface area (Å²) in [6.45, 7) is 1.16. The first kappa shape index (κ1) is 17.6. The van der Waals surface area contributed by atoms with Gasteiger partial charge in [0.05, 0.1) is 0 Å². The summed E-state index contributed by atoms with van der Waals surface area (Å²) in [6, 6.07) is 1.14. The van der Waals surface area contributed by atoms with E-state index >= 15 is 0 Å². The first-order chi connectivity index (χ1) is 9.40. The van der Waals surface area contributed by atoms with Crippen molar-refractivity contribution in [2.75, 3.05) is 5.73 Å². The van der Waals surface area contributed by atoms with Crippen LogP contribution in [-0.2, 0) is 18.6 Å². The summed E-state index contributed by atoms with van der Waals surface area (Å²) in [6.07, 6.45) is -11.8. The summed E-state index contributed by atoms with van der Waals surface area (Å²) >= 11 is 0. The molecule has 0 amide bonds. The molecule has 0 bridgehead atoms. The molecule has 0 aliphatic carbocycles. The van der Waals surface area contributed by atoms with Gasteiger partial charge in [-0.1, -0.05) is 13.0 Å². The molecule has 5 N–H and O–H groups in total. The van der Waals surface area contributed by atoms with Gasteiger partial charge in [-0.25, -0.2) is 0 Å². The van der Waals surface area contributed by atoms with E-state index in [4.69, 9.17) is 11.5 Å². The van der Waals surface area contributed by atoms with Gasteiger partial charge >= 0.3 is 12.4 Å². The Balaban J connectivity index is 3.69. The minimum Gasteiger partial charge on any atom is -0.398 e. The minimum absolute atomic E-state index is 0.0236. The van der Waals surface area contributed by atoms with Gasteiger partial charge in [0.25, 0.3) is 5.60 Å². The monoisotopic (exact) mass is 316 g/mol. The van der Waals surface area contributed by atoms with E-state index in [1.54, 1.807) is 0 Å². The van der Waals surface area contributed by atoms with Crippen LogP contribution in [0.5, 0.6) is 0 Å². The van der Waals surface area contributed by atoms with E-state index in [0.29, 0.717) is 12.1 Å². The summed E-state index contributed by atoms with van der Waals surface area (Å²) in [5.41, 5.74) is 4.57. The van der Waals surface area contributed by atoms with Crippen molar-refractivity contribution < 1.29 is 31.4 Å². The van der Waals surface area contributed by atoms with Crippen molar-refractivity contribution >= 4 is 5.69 Å². The normalized spacial score (nSPS) is 13.6. The maximum atomic E-state index is 12.8. The molecule has 0 fully saturated rings. The van der Waals surface area contributed by atoms with Crippen LogP contribution in [0.25, 0.3) is 0 Å². The SMILES string of the molecule is CCc1cc(C(O)(C(F)(F)F)C(F)(F)F)cc(CN)c1N. The van der Waals surface area contributed by atoms with Crippen molar-refractivity contribution in [2.45, 2.75) is 37.8 Å². The van der Waals surface area contributed by atoms with Crippen LogP contribution in [0.15, 0.2) is 12.1 Å². The third-order valence-electron chi connectivity index (χ3n) is 3.19. The largest absolute Gasteiger partial charge is 0.430 e. The van der Waals surface area contributed by atoms with E-state index in [1.165, 1.54) is 6.92 Å². The zero-order valence-corrected chi connectivity index (χ0v) is 10.9. The molecule has 1 aromatic rings. The molecule has 0 unspecified atom stereocenters. The number of aryl methyl sites for hydroxylation is 1. The number of aliphatic hydroxyl groups is 1. The van der Waals surface area contributed by atoms with E-state index in [2.05, 4.69) is 0 Å². The highest BCUT2D eigenvalue weighted by Gasteiger charge is 2.71. The van der Waals surface area contributed by atoms with Gasteiger partial charge in [0.15, 0.2) is 0 Å². The molecule has 0 radical (unpaired) electrons. The smallest absolute Gasteiger partial charge is 0.398 e. The number of benzene rings is 1. The number of hydrogen-bond acceptors (Lipinski definition) is 3. The summed E-state index contributed by atoms with van der Waals surface area (Å²) in [5.74, 6) is 0. The van der Waals surface area contributed by atoms with Gasteiger partial charge in [-0.3, -0.25) is 0 Å². The second-order valence-corrected chi connectivity index (χ2v) is 4.47. The van der Waals surface area contributed by atoms with Crippen LogP contribution in [0, 0.1) is 0 Å². The second-order valence-electron chi connectivity index (χ2n) is 4.47. The van der Waals surface area contributed by atoms with E-state index in [-0.39, 0.29) is 29.8 Å². The minimum atomic E-state index is -5.93. The second kappa shape index (κ2) is 5.38. The van der Waals surface area contributed by atoms with Gasteiger partial charge in [0.1, 0.15) is 0 Å². The number of halogens is 6. The van der Waals surface area contributed by atoms with Crippen LogP contribution < -0.4 is 11.5 Å². The van der Waals surface area contributed by atoms with E-state index < -0.39 is 23.5 Å². The Morgan fingerprint density at radius 1 is 1.00 bits per heavy atom. The molecule has 0 aliphatic rings. The number of hydrogen-bond donors (Lipinski definition) is 3. The van der Waals surface area contributed by atoms with Crippen molar-refractivity contribution in [3.05, 3.63) is 28.8 Å². The highest BCUT2D eigenvalue weighted by molar-refractivity contribution is 5.57. The first-order valence-electron chi connectivity index (χ1n) is 5.87. The molecule has 0 saturated heterocycles. The molecule has 0 aliphatic heterocycles. The third-order valence-corrected chi connectivity index (χ3v) is 3.19. The van der Waals surface area contributed by atoms with Crippen LogP contribution in [-0.4, -0.2) is 17.5 Å². The highest BCUT2D eigenvalue weighted by atomic mass is 19.4. The Labute approximate surface area is 116 Å². The molecule has 9 heteroatoms. The Morgan fingerprint density at radius 3 is 1.76 bits per heavy atom. The Kier molecular flexibility index (Phi) is 4.50. The van der Waals surface area contributed by atoms with Crippen LogP contribution in [0.2, 0.25) is 0 Å². The van der Waals surface area contributed by atoms with Gasteiger partial charge in [-0.15, -0.1) is 0 Å². The maximum Gasteiger partial charge on any atom is 0.430 e. The molecule has 21 heavy (non-hydrogen) atoms. The molecule has 0 atom stereocenters. The average Bonchev–Trinajstić information content (AvgIpc) is 2.35. The number of nitrogen functional groups attached to an aromatic ring is 1. The molecule has 0 spiro atoms. The topological polar surface area (TPSA) is 72.3 Å². The van der Waals surface area contributed by atoms with Crippen LogP contribution in [0.4, 0.5) is 32.0 Å². The molecule has 0 heterocycles. The fourth-order valence-corrected chi connectivity index (χ4v) is 1.94. The number of alkyl halides is 6. The van der Waals surface area contributed by atoms with Crippen LogP contribution in [0.3, 0.4) is 0 Å². The molecule has 0 saturated carbocycles. The van der Waals surface area contributed by atoms with Crippen LogP contribution >= 0.6 is 0 Å². The lowest BCUT2D eigenvalue weighted by atomic mass is 9.88. The first-order valence-corrected chi connectivity index (χ1v) is 5.87. The quantitative estimate of drug-likeness (QED) is 0.593. The van der Waals surface area contributed by atoms with E-state index in [0.717, 1.165) is 0 Å². The summed E-state index contributed by atoms with van der Waals surface area (Å²) in [7, 11) is 0. The van der Waals surface area contributed by atoms with E-state index in [1.807, 2.05) is 0 Å². The summed E-state index contributed by atoms with van der Waals surface area (Å²) in [5, 5.41) is 9.35. The predicted molar refractivity (Wildman–Crippen MR) is 64.1 cm³/mol. The number of nitrogens with two attached hydrogens (primary N) is 2. The van der Waals surface area contributed by atoms with Gasteiger partial charge in [-0.2, -0.15) is 26.3 Å². The molecular formula is C12H14F6N2O. The molecule has 3 nitrogen and oxygen atoms in total.